The Labute approximate surface area is 149 Å². The van der Waals surface area contributed by atoms with E-state index in [0.717, 1.165) is 5.56 Å². The average Bonchev–Trinajstić information content (AvgIpc) is 2.85. The molecule has 1 aliphatic rings. The summed E-state index contributed by atoms with van der Waals surface area (Å²) in [5.74, 6) is -0.461. The standard InChI is InChI=1S/C17H21F3N2O2S/c1-12(2)8-14-9-16(24,17(18,19)20)22(21-14)15(23)11-25-10-13-6-4-3-5-7-13/h3-7,12,24H,8-11H2,1-2H3/t16-/m1/s1. The van der Waals surface area contributed by atoms with Gasteiger partial charge >= 0.3 is 6.18 Å². The van der Waals surface area contributed by atoms with E-state index in [1.165, 1.54) is 11.8 Å². The number of rotatable bonds is 6. The second-order valence-corrected chi connectivity index (χ2v) is 7.42. The van der Waals surface area contributed by atoms with Crippen molar-refractivity contribution in [2.45, 2.75) is 44.3 Å². The molecule has 0 radical (unpaired) electrons. The van der Waals surface area contributed by atoms with Crippen molar-refractivity contribution in [2.75, 3.05) is 5.75 Å². The van der Waals surface area contributed by atoms with Crippen LogP contribution in [0, 0.1) is 5.92 Å². The molecule has 0 aliphatic carbocycles. The Morgan fingerprint density at radius 1 is 1.36 bits per heavy atom. The number of carbonyl (C=O) groups excluding carboxylic acids is 1. The molecule has 8 heteroatoms. The number of nitrogens with zero attached hydrogens (tertiary/aromatic N) is 2. The van der Waals surface area contributed by atoms with Crippen LogP contribution in [0.25, 0.3) is 0 Å². The van der Waals surface area contributed by atoms with Crippen LogP contribution in [-0.2, 0) is 10.5 Å². The van der Waals surface area contributed by atoms with Crippen molar-refractivity contribution in [1.29, 1.82) is 0 Å². The molecule has 25 heavy (non-hydrogen) atoms. The normalized spacial score (nSPS) is 20.9. The minimum absolute atomic E-state index is 0.0822. The molecule has 138 valence electrons. The highest BCUT2D eigenvalue weighted by atomic mass is 32.2. The molecule has 1 aliphatic heterocycles. The third kappa shape index (κ3) is 4.76. The van der Waals surface area contributed by atoms with Crippen molar-refractivity contribution < 1.29 is 23.1 Å². The molecule has 1 N–H and O–H groups in total. The van der Waals surface area contributed by atoms with Gasteiger partial charge < -0.3 is 5.11 Å². The molecule has 0 bridgehead atoms. The number of hydrogen-bond acceptors (Lipinski definition) is 4. The molecule has 1 heterocycles. The molecule has 0 unspecified atom stereocenters. The van der Waals surface area contributed by atoms with Crippen LogP contribution in [0.3, 0.4) is 0 Å². The topological polar surface area (TPSA) is 52.9 Å². The van der Waals surface area contributed by atoms with Crippen LogP contribution in [0.4, 0.5) is 13.2 Å². The Bertz CT molecular complexity index is 635. The summed E-state index contributed by atoms with van der Waals surface area (Å²) in [5, 5.41) is 14.1. The van der Waals surface area contributed by atoms with Gasteiger partial charge in [-0.25, -0.2) is 0 Å². The molecule has 2 rings (SSSR count). The Kier molecular flexibility index (Phi) is 6.16. The first-order valence-corrected chi connectivity index (χ1v) is 9.09. The summed E-state index contributed by atoms with van der Waals surface area (Å²) in [6.07, 6.45) is -5.35. The maximum atomic E-state index is 13.3. The lowest BCUT2D eigenvalue weighted by molar-refractivity contribution is -0.301. The number of amides is 1. The second kappa shape index (κ2) is 7.78. The van der Waals surface area contributed by atoms with Gasteiger partial charge in [-0.1, -0.05) is 44.2 Å². The number of hydrazone groups is 1. The summed E-state index contributed by atoms with van der Waals surface area (Å²) in [7, 11) is 0. The van der Waals surface area contributed by atoms with Crippen LogP contribution in [0.15, 0.2) is 35.4 Å². The lowest BCUT2D eigenvalue weighted by Crippen LogP contribution is -2.57. The number of benzene rings is 1. The monoisotopic (exact) mass is 374 g/mol. The predicted molar refractivity (Wildman–Crippen MR) is 92.0 cm³/mol. The summed E-state index contributed by atoms with van der Waals surface area (Å²) >= 11 is 1.19. The van der Waals surface area contributed by atoms with Gasteiger partial charge in [-0.15, -0.1) is 11.8 Å². The smallest absolute Gasteiger partial charge is 0.362 e. The van der Waals surface area contributed by atoms with Gasteiger partial charge in [0.1, 0.15) is 0 Å². The van der Waals surface area contributed by atoms with E-state index in [-0.39, 0.29) is 22.4 Å². The van der Waals surface area contributed by atoms with Gasteiger partial charge in [0, 0.05) is 17.9 Å². The summed E-state index contributed by atoms with van der Waals surface area (Å²) in [6.45, 7) is 3.69. The lowest BCUT2D eigenvalue weighted by atomic mass is 9.99. The van der Waals surface area contributed by atoms with Crippen molar-refractivity contribution in [3.05, 3.63) is 35.9 Å². The Morgan fingerprint density at radius 3 is 2.56 bits per heavy atom. The van der Waals surface area contributed by atoms with E-state index in [0.29, 0.717) is 12.2 Å². The van der Waals surface area contributed by atoms with Gasteiger partial charge in [0.2, 0.25) is 0 Å². The van der Waals surface area contributed by atoms with Crippen LogP contribution in [0.1, 0.15) is 32.3 Å². The highest BCUT2D eigenvalue weighted by Gasteiger charge is 2.62. The number of halogens is 3. The second-order valence-electron chi connectivity index (χ2n) is 6.44. The molecule has 0 spiro atoms. The predicted octanol–water partition coefficient (Wildman–Crippen LogP) is 3.81. The number of thioether (sulfide) groups is 1. The van der Waals surface area contributed by atoms with E-state index >= 15 is 0 Å². The first-order chi connectivity index (χ1) is 11.6. The largest absolute Gasteiger partial charge is 0.438 e. The Hall–Kier alpha value is -1.54. The van der Waals surface area contributed by atoms with Gasteiger partial charge in [0.05, 0.1) is 5.75 Å². The van der Waals surface area contributed by atoms with Gasteiger partial charge in [0.25, 0.3) is 11.6 Å². The Morgan fingerprint density at radius 2 is 2.00 bits per heavy atom. The molecule has 4 nitrogen and oxygen atoms in total. The van der Waals surface area contributed by atoms with Crippen molar-refractivity contribution in [2.24, 2.45) is 11.0 Å². The fourth-order valence-electron chi connectivity index (χ4n) is 2.58. The van der Waals surface area contributed by atoms with Crippen LogP contribution in [0.2, 0.25) is 0 Å². The maximum Gasteiger partial charge on any atom is 0.438 e. The van der Waals surface area contributed by atoms with Crippen molar-refractivity contribution in [3.63, 3.8) is 0 Å². The molecule has 1 amide bonds. The van der Waals surface area contributed by atoms with Crippen LogP contribution in [0.5, 0.6) is 0 Å². The molecule has 1 atom stereocenters. The highest BCUT2D eigenvalue weighted by molar-refractivity contribution is 7.99. The summed E-state index contributed by atoms with van der Waals surface area (Å²) in [5.41, 5.74) is -2.09. The number of hydrogen-bond donors (Lipinski definition) is 1. The fraction of sp³-hybridized carbons (Fsp3) is 0.529. The minimum Gasteiger partial charge on any atom is -0.362 e. The quantitative estimate of drug-likeness (QED) is 0.824. The first-order valence-electron chi connectivity index (χ1n) is 7.93. The van der Waals surface area contributed by atoms with E-state index in [4.69, 9.17) is 0 Å². The Balaban J connectivity index is 2.06. The average molecular weight is 374 g/mol. The van der Waals surface area contributed by atoms with E-state index in [1.807, 2.05) is 44.2 Å². The zero-order chi connectivity index (χ0) is 18.7. The van der Waals surface area contributed by atoms with Crippen LogP contribution >= 0.6 is 11.8 Å². The lowest BCUT2D eigenvalue weighted by Gasteiger charge is -2.32. The van der Waals surface area contributed by atoms with Crippen molar-refractivity contribution in [1.82, 2.24) is 5.01 Å². The van der Waals surface area contributed by atoms with Gasteiger partial charge in [-0.05, 0) is 17.9 Å². The minimum atomic E-state index is -4.96. The van der Waals surface area contributed by atoms with E-state index in [9.17, 15) is 23.1 Å². The molecular formula is C17H21F3N2O2S. The number of alkyl halides is 3. The zero-order valence-electron chi connectivity index (χ0n) is 14.1. The van der Waals surface area contributed by atoms with Gasteiger partial charge in [0.15, 0.2) is 0 Å². The fourth-order valence-corrected chi connectivity index (χ4v) is 3.40. The van der Waals surface area contributed by atoms with Crippen molar-refractivity contribution >= 4 is 23.4 Å². The summed E-state index contributed by atoms with van der Waals surface area (Å²) < 4.78 is 40.0. The maximum absolute atomic E-state index is 13.3. The number of aliphatic hydroxyl groups is 1. The summed E-state index contributed by atoms with van der Waals surface area (Å²) in [6, 6.07) is 9.31. The van der Waals surface area contributed by atoms with Crippen LogP contribution in [-0.4, -0.2) is 39.4 Å². The number of carbonyl (C=O) groups is 1. The van der Waals surface area contributed by atoms with Crippen molar-refractivity contribution in [3.8, 4) is 0 Å². The summed E-state index contributed by atoms with van der Waals surface area (Å²) in [4.78, 5) is 12.3. The molecule has 1 aromatic rings. The molecular weight excluding hydrogens is 353 g/mol. The molecule has 1 aromatic carbocycles. The van der Waals surface area contributed by atoms with Gasteiger partial charge in [-0.2, -0.15) is 23.3 Å². The van der Waals surface area contributed by atoms with Crippen LogP contribution < -0.4 is 0 Å². The molecule has 0 saturated carbocycles. The third-order valence-electron chi connectivity index (χ3n) is 3.71. The molecule has 0 aromatic heterocycles. The highest BCUT2D eigenvalue weighted by Crippen LogP contribution is 2.41. The molecule has 0 fully saturated rings. The van der Waals surface area contributed by atoms with E-state index < -0.39 is 24.2 Å². The van der Waals surface area contributed by atoms with E-state index in [2.05, 4.69) is 5.10 Å². The van der Waals surface area contributed by atoms with E-state index in [1.54, 1.807) is 0 Å². The third-order valence-corrected chi connectivity index (χ3v) is 4.70. The SMILES string of the molecule is CC(C)CC1=NN(C(=O)CSCc2ccccc2)[C@](O)(C(F)(F)F)C1. The zero-order valence-corrected chi connectivity index (χ0v) is 14.9. The molecule has 0 saturated heterocycles. The van der Waals surface area contributed by atoms with Gasteiger partial charge in [-0.3, -0.25) is 4.79 Å². The first kappa shape index (κ1) is 19.8.